The minimum Gasteiger partial charge on any atom is -0.344 e. The van der Waals surface area contributed by atoms with Crippen molar-refractivity contribution < 1.29 is 14.0 Å². The lowest BCUT2D eigenvalue weighted by Crippen LogP contribution is -2.25. The summed E-state index contributed by atoms with van der Waals surface area (Å²) in [5.41, 5.74) is 4.94. The maximum atomic E-state index is 14.3. The molecule has 2 N–H and O–H groups in total. The van der Waals surface area contributed by atoms with Gasteiger partial charge in [0.2, 0.25) is 0 Å². The third-order valence-electron chi connectivity index (χ3n) is 4.48. The van der Waals surface area contributed by atoms with Crippen LogP contribution in [0.15, 0.2) is 30.3 Å². The second-order valence-electron chi connectivity index (χ2n) is 6.91. The predicted octanol–water partition coefficient (Wildman–Crippen LogP) is 4.87. The molecule has 1 aromatic carbocycles. The number of nitrogens with zero attached hydrogens (tertiary/aromatic N) is 1. The van der Waals surface area contributed by atoms with Crippen molar-refractivity contribution in [1.82, 2.24) is 10.5 Å². The van der Waals surface area contributed by atoms with E-state index >= 15 is 0 Å². The summed E-state index contributed by atoms with van der Waals surface area (Å²) in [6.07, 6.45) is 2.28. The summed E-state index contributed by atoms with van der Waals surface area (Å²) < 4.78 is 14.3. The number of amides is 1. The van der Waals surface area contributed by atoms with E-state index in [2.05, 4.69) is 15.8 Å². The second kappa shape index (κ2) is 7.25. The van der Waals surface area contributed by atoms with Crippen LogP contribution in [0.25, 0.3) is 10.2 Å². The normalized spacial score (nSPS) is 13.7. The standard InChI is InChI=1S/C20H20FN3O2S/c1-11-3-8-16(15(21)9-11)23-20-17(18(25)24-26-10-13-5-6-13)14-7-4-12(2)22-19(14)27-20/h3-4,7-9,13,23H,5-6,10H2,1-2H3,(H,24,25). The topological polar surface area (TPSA) is 63.2 Å². The van der Waals surface area contributed by atoms with Crippen LogP contribution in [0.1, 0.15) is 34.5 Å². The average Bonchev–Trinajstić information content (AvgIpc) is 3.37. The minimum absolute atomic E-state index is 0.317. The molecule has 1 amide bonds. The lowest BCUT2D eigenvalue weighted by molar-refractivity contribution is 0.0272. The molecule has 4 rings (SSSR count). The van der Waals surface area contributed by atoms with Crippen LogP contribution in [0.4, 0.5) is 15.1 Å². The summed E-state index contributed by atoms with van der Waals surface area (Å²) in [6, 6.07) is 8.66. The van der Waals surface area contributed by atoms with Crippen molar-refractivity contribution in [3.05, 3.63) is 53.0 Å². The number of fused-ring (bicyclic) bond motifs is 1. The molecule has 27 heavy (non-hydrogen) atoms. The van der Waals surface area contributed by atoms with Gasteiger partial charge in [-0.1, -0.05) is 17.4 Å². The van der Waals surface area contributed by atoms with Gasteiger partial charge in [0.05, 0.1) is 17.9 Å². The van der Waals surface area contributed by atoms with E-state index in [4.69, 9.17) is 4.84 Å². The van der Waals surface area contributed by atoms with Gasteiger partial charge in [0.25, 0.3) is 5.91 Å². The van der Waals surface area contributed by atoms with Crippen molar-refractivity contribution in [3.63, 3.8) is 0 Å². The third kappa shape index (κ3) is 3.94. The Morgan fingerprint density at radius 3 is 2.85 bits per heavy atom. The molecule has 140 valence electrons. The van der Waals surface area contributed by atoms with Crippen LogP contribution < -0.4 is 10.8 Å². The number of hydrogen-bond donors (Lipinski definition) is 2. The highest BCUT2D eigenvalue weighted by Gasteiger charge is 2.24. The fourth-order valence-corrected chi connectivity index (χ4v) is 3.92. The van der Waals surface area contributed by atoms with Crippen LogP contribution in [-0.2, 0) is 4.84 Å². The largest absolute Gasteiger partial charge is 0.344 e. The Morgan fingerprint density at radius 1 is 1.30 bits per heavy atom. The Hall–Kier alpha value is -2.51. The number of halogens is 1. The van der Waals surface area contributed by atoms with Crippen molar-refractivity contribution in [2.45, 2.75) is 26.7 Å². The number of hydrogen-bond acceptors (Lipinski definition) is 5. The molecule has 3 aromatic rings. The zero-order chi connectivity index (χ0) is 19.0. The summed E-state index contributed by atoms with van der Waals surface area (Å²) in [4.78, 5) is 23.3. The molecule has 0 bridgehead atoms. The maximum absolute atomic E-state index is 14.3. The Bertz CT molecular complexity index is 1010. The molecule has 0 unspecified atom stereocenters. The van der Waals surface area contributed by atoms with Gasteiger partial charge in [-0.15, -0.1) is 0 Å². The van der Waals surface area contributed by atoms with Gasteiger partial charge in [0, 0.05) is 11.1 Å². The number of carbonyl (C=O) groups is 1. The van der Waals surface area contributed by atoms with Gasteiger partial charge >= 0.3 is 0 Å². The first-order chi connectivity index (χ1) is 13.0. The van der Waals surface area contributed by atoms with Gasteiger partial charge in [0.1, 0.15) is 15.6 Å². The summed E-state index contributed by atoms with van der Waals surface area (Å²) in [5, 5.41) is 4.31. The molecule has 5 nitrogen and oxygen atoms in total. The van der Waals surface area contributed by atoms with Crippen molar-refractivity contribution in [2.24, 2.45) is 5.92 Å². The van der Waals surface area contributed by atoms with Crippen LogP contribution in [0.3, 0.4) is 0 Å². The van der Waals surface area contributed by atoms with E-state index in [9.17, 15) is 9.18 Å². The summed E-state index contributed by atoms with van der Waals surface area (Å²) in [7, 11) is 0. The molecular formula is C20H20FN3O2S. The van der Waals surface area contributed by atoms with Gasteiger partial charge in [-0.3, -0.25) is 9.63 Å². The average molecular weight is 385 g/mol. The molecule has 2 heterocycles. The van der Waals surface area contributed by atoms with E-state index in [0.717, 1.165) is 28.9 Å². The number of carbonyl (C=O) groups excluding carboxylic acids is 1. The van der Waals surface area contributed by atoms with Crippen molar-refractivity contribution in [2.75, 3.05) is 11.9 Å². The number of anilines is 2. The van der Waals surface area contributed by atoms with E-state index in [0.29, 0.717) is 34.2 Å². The molecule has 1 fully saturated rings. The third-order valence-corrected chi connectivity index (χ3v) is 5.49. The SMILES string of the molecule is Cc1ccc(Nc2sc3nc(C)ccc3c2C(=O)NOCC2CC2)c(F)c1. The van der Waals surface area contributed by atoms with Gasteiger partial charge in [-0.25, -0.2) is 14.9 Å². The Kier molecular flexibility index (Phi) is 4.80. The van der Waals surface area contributed by atoms with Gasteiger partial charge < -0.3 is 5.32 Å². The molecule has 0 radical (unpaired) electrons. The quantitative estimate of drug-likeness (QED) is 0.595. The van der Waals surface area contributed by atoms with Gasteiger partial charge in [-0.2, -0.15) is 0 Å². The van der Waals surface area contributed by atoms with Crippen LogP contribution in [0, 0.1) is 25.6 Å². The van der Waals surface area contributed by atoms with Crippen LogP contribution >= 0.6 is 11.3 Å². The number of hydroxylamine groups is 1. The number of rotatable bonds is 6. The molecule has 1 aliphatic carbocycles. The van der Waals surface area contributed by atoms with E-state index in [1.807, 2.05) is 32.0 Å². The number of aryl methyl sites for hydroxylation is 2. The molecule has 0 aliphatic heterocycles. The van der Waals surface area contributed by atoms with E-state index in [-0.39, 0.29) is 11.7 Å². The predicted molar refractivity (Wildman–Crippen MR) is 105 cm³/mol. The van der Waals surface area contributed by atoms with Crippen molar-refractivity contribution in [1.29, 1.82) is 0 Å². The summed E-state index contributed by atoms with van der Waals surface area (Å²) >= 11 is 1.32. The summed E-state index contributed by atoms with van der Waals surface area (Å²) in [5.74, 6) is -0.191. The Labute approximate surface area is 160 Å². The molecule has 0 saturated heterocycles. The van der Waals surface area contributed by atoms with E-state index in [1.165, 1.54) is 17.4 Å². The zero-order valence-corrected chi connectivity index (χ0v) is 16.0. The number of thiophene rings is 1. The molecule has 1 saturated carbocycles. The molecule has 0 atom stereocenters. The highest BCUT2D eigenvalue weighted by molar-refractivity contribution is 7.23. The Morgan fingerprint density at radius 2 is 2.11 bits per heavy atom. The second-order valence-corrected chi connectivity index (χ2v) is 7.90. The van der Waals surface area contributed by atoms with Crippen LogP contribution in [0.2, 0.25) is 0 Å². The summed E-state index contributed by atoms with van der Waals surface area (Å²) in [6.45, 7) is 4.24. The van der Waals surface area contributed by atoms with E-state index in [1.54, 1.807) is 6.07 Å². The highest BCUT2D eigenvalue weighted by atomic mass is 32.1. The zero-order valence-electron chi connectivity index (χ0n) is 15.1. The van der Waals surface area contributed by atoms with Crippen LogP contribution in [0.5, 0.6) is 0 Å². The minimum atomic E-state index is -0.368. The number of pyridine rings is 1. The molecule has 1 aliphatic rings. The molecule has 2 aromatic heterocycles. The fraction of sp³-hybridized carbons (Fsp3) is 0.300. The van der Waals surface area contributed by atoms with Crippen molar-refractivity contribution in [3.8, 4) is 0 Å². The van der Waals surface area contributed by atoms with Gasteiger partial charge in [-0.05, 0) is 62.4 Å². The number of benzene rings is 1. The van der Waals surface area contributed by atoms with Gasteiger partial charge in [0.15, 0.2) is 0 Å². The molecule has 7 heteroatoms. The first-order valence-corrected chi connectivity index (χ1v) is 9.68. The number of nitrogens with one attached hydrogen (secondary N) is 2. The molecule has 0 spiro atoms. The highest BCUT2D eigenvalue weighted by Crippen LogP contribution is 2.37. The maximum Gasteiger partial charge on any atom is 0.278 e. The monoisotopic (exact) mass is 385 g/mol. The van der Waals surface area contributed by atoms with E-state index < -0.39 is 0 Å². The lowest BCUT2D eigenvalue weighted by Gasteiger charge is -2.10. The molecular weight excluding hydrogens is 365 g/mol. The smallest absolute Gasteiger partial charge is 0.278 e. The first-order valence-electron chi connectivity index (χ1n) is 8.86. The fourth-order valence-electron chi connectivity index (χ4n) is 2.79. The lowest BCUT2D eigenvalue weighted by atomic mass is 10.1. The van der Waals surface area contributed by atoms with Crippen LogP contribution in [-0.4, -0.2) is 17.5 Å². The first kappa shape index (κ1) is 17.9. The van der Waals surface area contributed by atoms with Crippen molar-refractivity contribution >= 4 is 38.1 Å². The Balaban J connectivity index is 1.67. The number of aromatic nitrogens is 1.